The first-order valence-electron chi connectivity index (χ1n) is 15.5. The number of amides is 2. The zero-order valence-corrected chi connectivity index (χ0v) is 25.1. The number of alkyl halides is 4. The van der Waals surface area contributed by atoms with Crippen LogP contribution in [-0.4, -0.2) is 48.0 Å². The minimum atomic E-state index is -3.56. The Morgan fingerprint density at radius 2 is 1.82 bits per heavy atom. The summed E-state index contributed by atoms with van der Waals surface area (Å²) >= 11 is 0. The Labute approximate surface area is 257 Å². The Morgan fingerprint density at radius 3 is 2.44 bits per heavy atom. The third kappa shape index (κ3) is 6.39. The van der Waals surface area contributed by atoms with Gasteiger partial charge in [0.1, 0.15) is 5.69 Å². The first-order chi connectivity index (χ1) is 21.3. The van der Waals surface area contributed by atoms with E-state index in [2.05, 4.69) is 26.9 Å². The van der Waals surface area contributed by atoms with Crippen LogP contribution in [0.2, 0.25) is 0 Å². The van der Waals surface area contributed by atoms with Crippen molar-refractivity contribution in [3.05, 3.63) is 47.7 Å². The highest BCUT2D eigenvalue weighted by Gasteiger charge is 2.54. The molecule has 10 nitrogen and oxygen atoms in total. The molecule has 0 aromatic carbocycles. The molecule has 3 aliphatic carbocycles. The largest absolute Gasteiger partial charge is 0.342 e. The van der Waals surface area contributed by atoms with Crippen LogP contribution in [0.25, 0.3) is 5.65 Å². The molecule has 3 saturated carbocycles. The first kappa shape index (κ1) is 31.0. The van der Waals surface area contributed by atoms with Crippen LogP contribution in [0.4, 0.5) is 17.6 Å². The van der Waals surface area contributed by atoms with Crippen LogP contribution in [0, 0.1) is 28.6 Å². The highest BCUT2D eigenvalue weighted by atomic mass is 19.3. The normalized spacial score (nSPS) is 20.8. The smallest absolute Gasteiger partial charge is 0.324 e. The molecule has 0 saturated heterocycles. The average Bonchev–Trinajstić information content (AvgIpc) is 3.87. The lowest BCUT2D eigenvalue weighted by Crippen LogP contribution is -2.44. The Hall–Kier alpha value is -4.02. The van der Waals surface area contributed by atoms with Gasteiger partial charge in [-0.25, -0.2) is 18.3 Å². The van der Waals surface area contributed by atoms with Gasteiger partial charge in [-0.05, 0) is 81.9 Å². The van der Waals surface area contributed by atoms with Crippen LogP contribution >= 0.6 is 0 Å². The summed E-state index contributed by atoms with van der Waals surface area (Å²) < 4.78 is 60.7. The van der Waals surface area contributed by atoms with Crippen molar-refractivity contribution in [3.63, 3.8) is 0 Å². The number of rotatable bonds is 11. The molecule has 3 aliphatic rings. The van der Waals surface area contributed by atoms with Crippen LogP contribution in [0.1, 0.15) is 112 Å². The fourth-order valence-electron chi connectivity index (χ4n) is 6.32. The van der Waals surface area contributed by atoms with Crippen LogP contribution in [0.15, 0.2) is 30.7 Å². The van der Waals surface area contributed by atoms with Crippen molar-refractivity contribution >= 4 is 17.5 Å². The van der Waals surface area contributed by atoms with Crippen molar-refractivity contribution in [2.75, 3.05) is 0 Å². The summed E-state index contributed by atoms with van der Waals surface area (Å²) in [5.74, 6) is -8.67. The van der Waals surface area contributed by atoms with E-state index in [4.69, 9.17) is 4.98 Å². The van der Waals surface area contributed by atoms with Crippen LogP contribution in [0.5, 0.6) is 0 Å². The number of carbonyl (C=O) groups excluding carboxylic acids is 2. The van der Waals surface area contributed by atoms with Crippen molar-refractivity contribution in [1.29, 1.82) is 5.26 Å². The molecule has 2 N–H and O–H groups in total. The zero-order valence-electron chi connectivity index (χ0n) is 25.1. The zero-order chi connectivity index (χ0) is 32.1. The fourth-order valence-corrected chi connectivity index (χ4v) is 6.32. The van der Waals surface area contributed by atoms with Gasteiger partial charge in [0.05, 0.1) is 41.7 Å². The molecule has 14 heteroatoms. The highest BCUT2D eigenvalue weighted by Crippen LogP contribution is 2.55. The van der Waals surface area contributed by atoms with Gasteiger partial charge in [0.2, 0.25) is 5.92 Å². The number of imidazole rings is 1. The lowest BCUT2D eigenvalue weighted by molar-refractivity contribution is -0.148. The number of hydrogen-bond acceptors (Lipinski definition) is 6. The van der Waals surface area contributed by atoms with E-state index in [-0.39, 0.29) is 43.6 Å². The molecule has 3 fully saturated rings. The van der Waals surface area contributed by atoms with Gasteiger partial charge in [-0.2, -0.15) is 24.2 Å². The lowest BCUT2D eigenvalue weighted by Gasteiger charge is -2.33. The molecule has 2 amide bonds. The molecule has 3 aromatic heterocycles. The predicted molar refractivity (Wildman–Crippen MR) is 153 cm³/mol. The van der Waals surface area contributed by atoms with Gasteiger partial charge in [-0.1, -0.05) is 0 Å². The van der Waals surface area contributed by atoms with Crippen molar-refractivity contribution in [1.82, 2.24) is 35.0 Å². The second-order valence-electron chi connectivity index (χ2n) is 13.2. The van der Waals surface area contributed by atoms with Gasteiger partial charge in [0.25, 0.3) is 11.8 Å². The van der Waals surface area contributed by atoms with Crippen molar-refractivity contribution in [2.24, 2.45) is 17.3 Å². The van der Waals surface area contributed by atoms with Crippen molar-refractivity contribution < 1.29 is 27.2 Å². The average molecular weight is 629 g/mol. The minimum Gasteiger partial charge on any atom is -0.342 e. The Bertz CT molecular complexity index is 1630. The molecule has 0 aliphatic heterocycles. The maximum Gasteiger partial charge on any atom is 0.324 e. The molecular weight excluding hydrogens is 592 g/mol. The van der Waals surface area contributed by atoms with E-state index < -0.39 is 47.6 Å². The third-order valence-corrected chi connectivity index (χ3v) is 9.34. The van der Waals surface area contributed by atoms with Crippen LogP contribution < -0.4 is 10.6 Å². The molecule has 45 heavy (non-hydrogen) atoms. The monoisotopic (exact) mass is 628 g/mol. The van der Waals surface area contributed by atoms with Gasteiger partial charge in [0, 0.05) is 31.5 Å². The third-order valence-electron chi connectivity index (χ3n) is 9.34. The molecule has 3 aromatic rings. The van der Waals surface area contributed by atoms with Crippen LogP contribution in [0.3, 0.4) is 0 Å². The van der Waals surface area contributed by atoms with E-state index in [1.807, 2.05) is 13.8 Å². The van der Waals surface area contributed by atoms with Crippen molar-refractivity contribution in [3.8, 4) is 6.07 Å². The Kier molecular flexibility index (Phi) is 7.85. The summed E-state index contributed by atoms with van der Waals surface area (Å²) in [5.41, 5.74) is 0.338. The summed E-state index contributed by atoms with van der Waals surface area (Å²) in [4.78, 5) is 30.9. The number of halogens is 4. The molecule has 6 rings (SSSR count). The number of nitriles is 1. The summed E-state index contributed by atoms with van der Waals surface area (Å²) in [6, 6.07) is 3.54. The number of carbonyl (C=O) groups is 2. The van der Waals surface area contributed by atoms with E-state index in [9.17, 15) is 32.4 Å². The Balaban J connectivity index is 1.30. The van der Waals surface area contributed by atoms with Crippen LogP contribution in [-0.2, 0) is 4.79 Å². The van der Waals surface area contributed by atoms with E-state index in [1.54, 1.807) is 23.0 Å². The van der Waals surface area contributed by atoms with Gasteiger partial charge in [0.15, 0.2) is 5.65 Å². The van der Waals surface area contributed by atoms with Gasteiger partial charge in [-0.15, -0.1) is 0 Å². The standard InChI is InChI=1S/C31H36F4N8O2/c1-18(2)43-23(7-12-37-43)27(44)40-25(20-5-8-30(32,33)9-6-20)22-16-42-24(39-22)13-21(15-38-42)26(29(17-36)10-11-29)41-28(45)31(34,35)14-19-3-4-19/h7,12-13,15-16,18-20,25-26H,3-6,8-11,14H2,1-2H3,(H,40,44)(H,41,45)/t25-,26+/m0/s1. The summed E-state index contributed by atoms with van der Waals surface area (Å²) in [7, 11) is 0. The molecule has 240 valence electrons. The second-order valence-corrected chi connectivity index (χ2v) is 13.2. The number of aromatic nitrogens is 5. The molecule has 0 unspecified atom stereocenters. The minimum absolute atomic E-state index is 0.0874. The molecule has 3 heterocycles. The lowest BCUT2D eigenvalue weighted by atomic mass is 9.81. The fraction of sp³-hybridized carbons (Fsp3) is 0.613. The maximum atomic E-state index is 14.7. The molecule has 0 radical (unpaired) electrons. The summed E-state index contributed by atoms with van der Waals surface area (Å²) in [6.45, 7) is 3.77. The quantitative estimate of drug-likeness (QED) is 0.262. The highest BCUT2D eigenvalue weighted by molar-refractivity contribution is 5.92. The van der Waals surface area contributed by atoms with E-state index in [0.717, 1.165) is 0 Å². The maximum absolute atomic E-state index is 14.7. The topological polar surface area (TPSA) is 130 Å². The number of fused-ring (bicyclic) bond motifs is 1. The Morgan fingerprint density at radius 1 is 1.11 bits per heavy atom. The number of nitrogens with one attached hydrogen (secondary N) is 2. The summed E-state index contributed by atoms with van der Waals surface area (Å²) in [6.07, 6.45) is 5.93. The van der Waals surface area contributed by atoms with Gasteiger partial charge in [-0.3, -0.25) is 14.3 Å². The number of hydrogen-bond donors (Lipinski definition) is 2. The second kappa shape index (κ2) is 11.4. The van der Waals surface area contributed by atoms with Crippen molar-refractivity contribution in [2.45, 2.75) is 102 Å². The SMILES string of the molecule is CC(C)n1nccc1C(=O)N[C@H](c1cn2ncc([C@@H](NC(=O)C(F)(F)CC3CC3)C3(C#N)CC3)cc2n1)C1CCC(F)(F)CC1. The number of nitrogens with zero attached hydrogens (tertiary/aromatic N) is 6. The van der Waals surface area contributed by atoms with E-state index in [1.165, 1.54) is 16.9 Å². The van der Waals surface area contributed by atoms with Gasteiger partial charge < -0.3 is 10.6 Å². The molecule has 2 atom stereocenters. The van der Waals surface area contributed by atoms with Gasteiger partial charge >= 0.3 is 5.92 Å². The summed E-state index contributed by atoms with van der Waals surface area (Å²) in [5, 5.41) is 24.0. The van der Waals surface area contributed by atoms with E-state index >= 15 is 0 Å². The molecule has 0 bridgehead atoms. The molecule has 0 spiro atoms. The first-order valence-corrected chi connectivity index (χ1v) is 15.5. The molecular formula is C31H36F4N8O2. The van der Waals surface area contributed by atoms with E-state index in [0.29, 0.717) is 48.3 Å². The predicted octanol–water partition coefficient (Wildman–Crippen LogP) is 5.70.